The SMILES string of the molecule is COc1ccccc1C(C(N)=O)c1cc(C(F)(F)F)ccn1. The molecule has 1 amide bonds. The summed E-state index contributed by atoms with van der Waals surface area (Å²) in [7, 11) is 1.40. The van der Waals surface area contributed by atoms with E-state index in [1.165, 1.54) is 7.11 Å². The van der Waals surface area contributed by atoms with E-state index in [0.717, 1.165) is 18.3 Å². The lowest BCUT2D eigenvalue weighted by atomic mass is 9.93. The number of aromatic nitrogens is 1. The Hall–Kier alpha value is -2.57. The van der Waals surface area contributed by atoms with Gasteiger partial charge >= 0.3 is 6.18 Å². The standard InChI is InChI=1S/C15H13F3N2O2/c1-22-12-5-3-2-4-10(12)13(14(19)21)11-8-9(6-7-20-11)15(16,17)18/h2-8,13H,1H3,(H2,19,21). The van der Waals surface area contributed by atoms with Gasteiger partial charge in [0.05, 0.1) is 18.4 Å². The van der Waals surface area contributed by atoms with Gasteiger partial charge in [0.2, 0.25) is 5.91 Å². The molecule has 0 saturated carbocycles. The highest BCUT2D eigenvalue weighted by molar-refractivity contribution is 5.86. The van der Waals surface area contributed by atoms with Crippen molar-refractivity contribution in [2.75, 3.05) is 7.11 Å². The molecule has 116 valence electrons. The minimum atomic E-state index is -4.53. The van der Waals surface area contributed by atoms with E-state index >= 15 is 0 Å². The molecule has 0 radical (unpaired) electrons. The smallest absolute Gasteiger partial charge is 0.416 e. The predicted molar refractivity (Wildman–Crippen MR) is 73.3 cm³/mol. The van der Waals surface area contributed by atoms with Crippen LogP contribution in [-0.4, -0.2) is 18.0 Å². The zero-order valence-corrected chi connectivity index (χ0v) is 11.6. The van der Waals surface area contributed by atoms with Crippen molar-refractivity contribution in [3.63, 3.8) is 0 Å². The van der Waals surface area contributed by atoms with Crippen molar-refractivity contribution >= 4 is 5.91 Å². The summed E-state index contributed by atoms with van der Waals surface area (Å²) in [5.74, 6) is -1.58. The molecule has 2 aromatic rings. The molecule has 1 atom stereocenters. The number of carbonyl (C=O) groups excluding carboxylic acids is 1. The van der Waals surface area contributed by atoms with Gasteiger partial charge in [0, 0.05) is 11.8 Å². The summed E-state index contributed by atoms with van der Waals surface area (Å²) in [4.78, 5) is 15.6. The summed E-state index contributed by atoms with van der Waals surface area (Å²) in [6.45, 7) is 0. The van der Waals surface area contributed by atoms with Gasteiger partial charge in [0.25, 0.3) is 0 Å². The summed E-state index contributed by atoms with van der Waals surface area (Å²) in [5.41, 5.74) is 4.77. The molecule has 0 aliphatic carbocycles. The maximum absolute atomic E-state index is 12.8. The Balaban J connectivity index is 2.56. The van der Waals surface area contributed by atoms with Gasteiger partial charge in [0.15, 0.2) is 0 Å². The van der Waals surface area contributed by atoms with Crippen LogP contribution in [0.25, 0.3) is 0 Å². The van der Waals surface area contributed by atoms with Crippen LogP contribution >= 0.6 is 0 Å². The number of para-hydroxylation sites is 1. The first kappa shape index (κ1) is 15.8. The lowest BCUT2D eigenvalue weighted by molar-refractivity contribution is -0.137. The van der Waals surface area contributed by atoms with Crippen LogP contribution in [0.4, 0.5) is 13.2 Å². The van der Waals surface area contributed by atoms with Gasteiger partial charge in [-0.2, -0.15) is 13.2 Å². The van der Waals surface area contributed by atoms with Crippen molar-refractivity contribution in [3.8, 4) is 5.75 Å². The van der Waals surface area contributed by atoms with Gasteiger partial charge in [-0.3, -0.25) is 9.78 Å². The zero-order valence-electron chi connectivity index (χ0n) is 11.6. The minimum absolute atomic E-state index is 0.0770. The summed E-state index contributed by atoms with van der Waals surface area (Å²) >= 11 is 0. The first-order chi connectivity index (χ1) is 10.3. The summed E-state index contributed by atoms with van der Waals surface area (Å²) in [6, 6.07) is 8.14. The maximum atomic E-state index is 12.8. The normalized spacial score (nSPS) is 12.7. The lowest BCUT2D eigenvalue weighted by Gasteiger charge is -2.17. The number of alkyl halides is 3. The molecule has 0 saturated heterocycles. The Kier molecular flexibility index (Phi) is 4.35. The second kappa shape index (κ2) is 6.05. The lowest BCUT2D eigenvalue weighted by Crippen LogP contribution is -2.24. The zero-order chi connectivity index (χ0) is 16.3. The molecule has 1 unspecified atom stereocenters. The topological polar surface area (TPSA) is 65.2 Å². The molecule has 0 aliphatic rings. The molecular formula is C15H13F3N2O2. The van der Waals surface area contributed by atoms with Crippen molar-refractivity contribution in [3.05, 3.63) is 59.4 Å². The van der Waals surface area contributed by atoms with E-state index in [1.807, 2.05) is 0 Å². The van der Waals surface area contributed by atoms with Crippen LogP contribution in [0.1, 0.15) is 22.7 Å². The molecule has 1 aromatic heterocycles. The van der Waals surface area contributed by atoms with Gasteiger partial charge in [-0.05, 0) is 18.2 Å². The van der Waals surface area contributed by atoms with Gasteiger partial charge in [-0.15, -0.1) is 0 Å². The number of hydrogen-bond donors (Lipinski definition) is 1. The Labute approximate surface area is 124 Å². The Morgan fingerprint density at radius 2 is 1.95 bits per heavy atom. The van der Waals surface area contributed by atoms with Crippen molar-refractivity contribution in [2.45, 2.75) is 12.1 Å². The monoisotopic (exact) mass is 310 g/mol. The molecule has 0 aliphatic heterocycles. The molecule has 7 heteroatoms. The molecule has 2 rings (SSSR count). The van der Waals surface area contributed by atoms with E-state index < -0.39 is 23.6 Å². The van der Waals surface area contributed by atoms with Gasteiger partial charge in [0.1, 0.15) is 11.7 Å². The summed E-state index contributed by atoms with van der Waals surface area (Å²) in [6.07, 6.45) is -3.52. The van der Waals surface area contributed by atoms with Crippen molar-refractivity contribution < 1.29 is 22.7 Å². The van der Waals surface area contributed by atoms with Gasteiger partial charge in [-0.1, -0.05) is 18.2 Å². The average molecular weight is 310 g/mol. The second-order valence-corrected chi connectivity index (χ2v) is 4.54. The number of ether oxygens (including phenoxy) is 1. The van der Waals surface area contributed by atoms with Crippen molar-refractivity contribution in [1.29, 1.82) is 0 Å². The summed E-state index contributed by atoms with van der Waals surface area (Å²) in [5, 5.41) is 0. The van der Waals surface area contributed by atoms with Crippen LogP contribution in [0.15, 0.2) is 42.6 Å². The third-order valence-electron chi connectivity index (χ3n) is 3.14. The van der Waals surface area contributed by atoms with E-state index in [9.17, 15) is 18.0 Å². The number of pyridine rings is 1. The molecule has 0 spiro atoms. The highest BCUT2D eigenvalue weighted by Crippen LogP contribution is 2.34. The highest BCUT2D eigenvalue weighted by atomic mass is 19.4. The molecule has 4 nitrogen and oxygen atoms in total. The molecule has 0 bridgehead atoms. The number of benzene rings is 1. The highest BCUT2D eigenvalue weighted by Gasteiger charge is 2.33. The minimum Gasteiger partial charge on any atom is -0.496 e. The quantitative estimate of drug-likeness (QED) is 0.944. The Bertz CT molecular complexity index is 686. The van der Waals surface area contributed by atoms with Crippen molar-refractivity contribution in [2.24, 2.45) is 5.73 Å². The number of primary amides is 1. The molecule has 2 N–H and O–H groups in total. The second-order valence-electron chi connectivity index (χ2n) is 4.54. The van der Waals surface area contributed by atoms with E-state index in [4.69, 9.17) is 10.5 Å². The van der Waals surface area contributed by atoms with E-state index in [-0.39, 0.29) is 5.69 Å². The van der Waals surface area contributed by atoms with Crippen LogP contribution in [0, 0.1) is 0 Å². The third-order valence-corrected chi connectivity index (χ3v) is 3.14. The van der Waals surface area contributed by atoms with Crippen LogP contribution in [0.5, 0.6) is 5.75 Å². The first-order valence-electron chi connectivity index (χ1n) is 6.30. The average Bonchev–Trinajstić information content (AvgIpc) is 2.47. The number of amides is 1. The van der Waals surface area contributed by atoms with E-state index in [1.54, 1.807) is 24.3 Å². The molecule has 1 heterocycles. The third kappa shape index (κ3) is 3.19. The number of rotatable bonds is 4. The van der Waals surface area contributed by atoms with Crippen LogP contribution in [0.3, 0.4) is 0 Å². The first-order valence-corrected chi connectivity index (χ1v) is 6.30. The number of halogens is 3. The van der Waals surface area contributed by atoms with Crippen LogP contribution in [0.2, 0.25) is 0 Å². The molecule has 1 aromatic carbocycles. The Morgan fingerprint density at radius 3 is 2.55 bits per heavy atom. The summed E-state index contributed by atoms with van der Waals surface area (Å²) < 4.78 is 43.6. The number of nitrogens with zero attached hydrogens (tertiary/aromatic N) is 1. The number of hydrogen-bond acceptors (Lipinski definition) is 3. The van der Waals surface area contributed by atoms with Gasteiger partial charge in [-0.25, -0.2) is 0 Å². The fourth-order valence-electron chi connectivity index (χ4n) is 2.15. The van der Waals surface area contributed by atoms with E-state index in [0.29, 0.717) is 11.3 Å². The molecule has 22 heavy (non-hydrogen) atoms. The van der Waals surface area contributed by atoms with Crippen LogP contribution in [-0.2, 0) is 11.0 Å². The maximum Gasteiger partial charge on any atom is 0.416 e. The van der Waals surface area contributed by atoms with Gasteiger partial charge < -0.3 is 10.5 Å². The van der Waals surface area contributed by atoms with E-state index in [2.05, 4.69) is 4.98 Å². The predicted octanol–water partition coefficient (Wildman–Crippen LogP) is 2.73. The number of nitrogens with two attached hydrogens (primary N) is 1. The molecular weight excluding hydrogens is 297 g/mol. The van der Waals surface area contributed by atoms with Crippen molar-refractivity contribution in [1.82, 2.24) is 4.98 Å². The largest absolute Gasteiger partial charge is 0.496 e. The fourth-order valence-corrected chi connectivity index (χ4v) is 2.15. The number of carbonyl (C=O) groups is 1. The van der Waals surface area contributed by atoms with Crippen LogP contribution < -0.4 is 10.5 Å². The fraction of sp³-hybridized carbons (Fsp3) is 0.200. The Morgan fingerprint density at radius 1 is 1.27 bits per heavy atom. The molecule has 0 fully saturated rings. The number of methoxy groups -OCH3 is 1.